The monoisotopic (exact) mass is 424 g/mol. The van der Waals surface area contributed by atoms with E-state index in [0.29, 0.717) is 0 Å². The van der Waals surface area contributed by atoms with Gasteiger partial charge in [0.1, 0.15) is 11.5 Å². The van der Waals surface area contributed by atoms with Crippen LogP contribution in [0, 0.1) is 0 Å². The topological polar surface area (TPSA) is 140 Å². The van der Waals surface area contributed by atoms with E-state index in [1.807, 2.05) is 0 Å². The molecule has 28 heavy (non-hydrogen) atoms. The Morgan fingerprint density at radius 1 is 0.786 bits per heavy atom. The lowest BCUT2D eigenvalue weighted by Crippen LogP contribution is -2.37. The Labute approximate surface area is 169 Å². The largest absolute Gasteiger partial charge is 0.507 e. The zero-order valence-electron chi connectivity index (χ0n) is 14.0. The summed E-state index contributed by atoms with van der Waals surface area (Å²) >= 11 is 11.6. The van der Waals surface area contributed by atoms with E-state index in [4.69, 9.17) is 23.2 Å². The number of carbonyl (C=O) groups is 2. The highest BCUT2D eigenvalue weighted by molar-refractivity contribution is 6.31. The minimum absolute atomic E-state index is 0.111. The number of rotatable bonds is 7. The van der Waals surface area contributed by atoms with Crippen molar-refractivity contribution in [1.82, 2.24) is 0 Å². The van der Waals surface area contributed by atoms with Crippen LogP contribution < -0.4 is 0 Å². The fourth-order valence-electron chi connectivity index (χ4n) is 2.14. The highest BCUT2D eigenvalue weighted by Gasteiger charge is 2.32. The fourth-order valence-corrected chi connectivity index (χ4v) is 2.50. The lowest BCUT2D eigenvalue weighted by molar-refractivity contribution is -0.146. The standard InChI is InChI=1S/C18H14Cl2N2O6/c19-11-1-3-13(23)9(5-11)7-21-15(17(25)26)16(18(27)28)22-8-10-6-12(20)2-4-14(10)24/h1-8,15-16,23-24H,(H,25,26)(H,27,28)/t15-,16-/m0/s1. The second kappa shape index (κ2) is 9.20. The number of phenols is 2. The van der Waals surface area contributed by atoms with Gasteiger partial charge in [-0.3, -0.25) is 9.98 Å². The molecular weight excluding hydrogens is 411 g/mol. The number of nitrogens with zero attached hydrogens (tertiary/aromatic N) is 2. The maximum absolute atomic E-state index is 11.5. The summed E-state index contributed by atoms with van der Waals surface area (Å²) in [5.41, 5.74) is 0.221. The highest BCUT2D eigenvalue weighted by atomic mass is 35.5. The van der Waals surface area contributed by atoms with Crippen molar-refractivity contribution in [2.24, 2.45) is 9.98 Å². The zero-order chi connectivity index (χ0) is 20.8. The molecule has 0 saturated heterocycles. The van der Waals surface area contributed by atoms with E-state index in [1.54, 1.807) is 0 Å². The molecule has 0 saturated carbocycles. The Kier molecular flexibility index (Phi) is 6.97. The van der Waals surface area contributed by atoms with Gasteiger partial charge >= 0.3 is 11.9 Å². The third-order valence-electron chi connectivity index (χ3n) is 3.53. The summed E-state index contributed by atoms with van der Waals surface area (Å²) < 4.78 is 0. The van der Waals surface area contributed by atoms with Crippen LogP contribution in [0.4, 0.5) is 0 Å². The smallest absolute Gasteiger partial charge is 0.331 e. The van der Waals surface area contributed by atoms with Crippen LogP contribution in [0.2, 0.25) is 10.0 Å². The van der Waals surface area contributed by atoms with Crippen molar-refractivity contribution < 1.29 is 30.0 Å². The van der Waals surface area contributed by atoms with Crippen molar-refractivity contribution >= 4 is 47.6 Å². The third kappa shape index (κ3) is 5.45. The first kappa shape index (κ1) is 21.2. The lowest BCUT2D eigenvalue weighted by atomic mass is 10.1. The molecule has 0 unspecified atom stereocenters. The van der Waals surface area contributed by atoms with E-state index in [1.165, 1.54) is 36.4 Å². The van der Waals surface area contributed by atoms with Gasteiger partial charge in [0.05, 0.1) is 0 Å². The number of hydrogen-bond acceptors (Lipinski definition) is 6. The van der Waals surface area contributed by atoms with Crippen LogP contribution in [0.5, 0.6) is 11.5 Å². The maximum atomic E-state index is 11.5. The van der Waals surface area contributed by atoms with Crippen LogP contribution in [0.1, 0.15) is 11.1 Å². The molecule has 2 atom stereocenters. The summed E-state index contributed by atoms with van der Waals surface area (Å²) in [5, 5.41) is 38.8. The van der Waals surface area contributed by atoms with Gasteiger partial charge in [-0.2, -0.15) is 0 Å². The van der Waals surface area contributed by atoms with Crippen LogP contribution >= 0.6 is 23.2 Å². The molecule has 0 bridgehead atoms. The second-order valence-corrected chi connectivity index (χ2v) is 6.40. The molecule has 0 spiro atoms. The second-order valence-electron chi connectivity index (χ2n) is 5.53. The molecule has 8 nitrogen and oxygen atoms in total. The number of halogens is 2. The van der Waals surface area contributed by atoms with Crippen molar-refractivity contribution in [2.75, 3.05) is 0 Å². The van der Waals surface area contributed by atoms with Crippen molar-refractivity contribution in [3.05, 3.63) is 57.6 Å². The minimum atomic E-state index is -1.80. The number of aliphatic carboxylic acids is 2. The fraction of sp³-hybridized carbons (Fsp3) is 0.111. The summed E-state index contributed by atoms with van der Waals surface area (Å²) in [7, 11) is 0. The Hall–Kier alpha value is -3.10. The van der Waals surface area contributed by atoms with Crippen molar-refractivity contribution in [3.63, 3.8) is 0 Å². The zero-order valence-corrected chi connectivity index (χ0v) is 15.5. The Morgan fingerprint density at radius 2 is 1.14 bits per heavy atom. The number of aromatic hydroxyl groups is 2. The Morgan fingerprint density at radius 3 is 1.46 bits per heavy atom. The predicted octanol–water partition coefficient (Wildman–Crippen LogP) is 2.85. The van der Waals surface area contributed by atoms with E-state index in [2.05, 4.69) is 9.98 Å². The van der Waals surface area contributed by atoms with E-state index < -0.39 is 24.0 Å². The van der Waals surface area contributed by atoms with Gasteiger partial charge < -0.3 is 20.4 Å². The molecule has 2 rings (SSSR count). The molecule has 0 amide bonds. The number of benzene rings is 2. The van der Waals surface area contributed by atoms with E-state index >= 15 is 0 Å². The van der Waals surface area contributed by atoms with Gasteiger partial charge in [0.25, 0.3) is 0 Å². The molecule has 2 aromatic rings. The molecule has 10 heteroatoms. The Bertz CT molecular complexity index is 884. The van der Waals surface area contributed by atoms with Crippen molar-refractivity contribution in [2.45, 2.75) is 12.1 Å². The molecule has 0 aromatic heterocycles. The molecule has 0 heterocycles. The van der Waals surface area contributed by atoms with Crippen molar-refractivity contribution in [3.8, 4) is 11.5 Å². The first-order valence-electron chi connectivity index (χ1n) is 7.68. The quantitative estimate of drug-likeness (QED) is 0.503. The van der Waals surface area contributed by atoms with Gasteiger partial charge in [0, 0.05) is 33.6 Å². The molecule has 0 radical (unpaired) electrons. The highest BCUT2D eigenvalue weighted by Crippen LogP contribution is 2.21. The molecule has 0 aliphatic rings. The van der Waals surface area contributed by atoms with Gasteiger partial charge in [-0.15, -0.1) is 0 Å². The molecule has 4 N–H and O–H groups in total. The van der Waals surface area contributed by atoms with Crippen molar-refractivity contribution in [1.29, 1.82) is 0 Å². The van der Waals surface area contributed by atoms with E-state index in [-0.39, 0.29) is 32.7 Å². The van der Waals surface area contributed by atoms with E-state index in [0.717, 1.165) is 12.4 Å². The third-order valence-corrected chi connectivity index (χ3v) is 4.00. The van der Waals surface area contributed by atoms with Gasteiger partial charge in [-0.25, -0.2) is 9.59 Å². The summed E-state index contributed by atoms with van der Waals surface area (Å²) in [6.45, 7) is 0. The molecule has 2 aromatic carbocycles. The number of carboxylic acid groups (broad SMARTS) is 2. The van der Waals surface area contributed by atoms with Gasteiger partial charge in [-0.05, 0) is 36.4 Å². The maximum Gasteiger partial charge on any atom is 0.331 e. The van der Waals surface area contributed by atoms with Gasteiger partial charge in [0.15, 0.2) is 12.1 Å². The number of hydrogen-bond donors (Lipinski definition) is 4. The molecule has 0 fully saturated rings. The number of carboxylic acids is 2. The van der Waals surface area contributed by atoms with Crippen LogP contribution in [-0.4, -0.2) is 56.9 Å². The first-order valence-corrected chi connectivity index (χ1v) is 8.43. The van der Waals surface area contributed by atoms with Crippen LogP contribution in [0.25, 0.3) is 0 Å². The van der Waals surface area contributed by atoms with Crippen LogP contribution in [0.15, 0.2) is 46.4 Å². The van der Waals surface area contributed by atoms with Gasteiger partial charge in [0.2, 0.25) is 0 Å². The predicted molar refractivity (Wildman–Crippen MR) is 104 cm³/mol. The van der Waals surface area contributed by atoms with Crippen LogP contribution in [-0.2, 0) is 9.59 Å². The lowest BCUT2D eigenvalue weighted by Gasteiger charge is -2.13. The summed E-state index contributed by atoms with van der Waals surface area (Å²) in [4.78, 5) is 30.6. The number of aliphatic imine (C=N–C) groups is 2. The molecule has 146 valence electrons. The summed E-state index contributed by atoms with van der Waals surface area (Å²) in [5.74, 6) is -3.51. The van der Waals surface area contributed by atoms with Gasteiger partial charge in [-0.1, -0.05) is 23.2 Å². The Balaban J connectivity index is 2.36. The summed E-state index contributed by atoms with van der Waals surface area (Å²) in [6, 6.07) is 4.49. The minimum Gasteiger partial charge on any atom is -0.507 e. The average molecular weight is 425 g/mol. The van der Waals surface area contributed by atoms with Crippen LogP contribution in [0.3, 0.4) is 0 Å². The summed E-state index contributed by atoms with van der Waals surface area (Å²) in [6.07, 6.45) is 2.00. The molecule has 0 aliphatic heterocycles. The molecule has 0 aliphatic carbocycles. The SMILES string of the molecule is O=C(O)[C@@H](N=Cc1cc(Cl)ccc1O)[C@H](N=Cc1cc(Cl)ccc1O)C(=O)O. The first-order chi connectivity index (χ1) is 13.2. The van der Waals surface area contributed by atoms with E-state index in [9.17, 15) is 30.0 Å². The average Bonchev–Trinajstić information content (AvgIpc) is 2.62. The normalized spacial score (nSPS) is 13.6. The number of phenolic OH excluding ortho intramolecular Hbond substituents is 2. The molecular formula is C18H14Cl2N2O6.